The molecule has 1 atom stereocenters. The van der Waals surface area contributed by atoms with Crippen LogP contribution in [0.1, 0.15) is 38.1 Å². The van der Waals surface area contributed by atoms with Gasteiger partial charge in [-0.2, -0.15) is 0 Å². The van der Waals surface area contributed by atoms with Crippen molar-refractivity contribution in [1.82, 2.24) is 9.80 Å². The van der Waals surface area contributed by atoms with E-state index in [-0.39, 0.29) is 32.1 Å². The summed E-state index contributed by atoms with van der Waals surface area (Å²) in [4.78, 5) is 41.3. The molecule has 0 aliphatic carbocycles. The summed E-state index contributed by atoms with van der Waals surface area (Å²) in [6, 6.07) is 2.11. The monoisotopic (exact) mass is 452 g/mol. The summed E-state index contributed by atoms with van der Waals surface area (Å²) in [5, 5.41) is 0. The molecular formula is C22H32N2O8. The van der Waals surface area contributed by atoms with E-state index in [1.165, 1.54) is 31.1 Å². The van der Waals surface area contributed by atoms with Crippen molar-refractivity contribution < 1.29 is 38.1 Å². The Balaban J connectivity index is 2.31. The first-order chi connectivity index (χ1) is 15.1. The molecular weight excluding hydrogens is 420 g/mol. The van der Waals surface area contributed by atoms with E-state index < -0.39 is 23.7 Å². The lowest BCUT2D eigenvalue weighted by molar-refractivity contribution is -0.151. The van der Waals surface area contributed by atoms with E-state index in [0.29, 0.717) is 22.8 Å². The van der Waals surface area contributed by atoms with Crippen molar-refractivity contribution >= 4 is 18.0 Å². The highest BCUT2D eigenvalue weighted by atomic mass is 16.6. The van der Waals surface area contributed by atoms with Crippen molar-refractivity contribution in [3.63, 3.8) is 0 Å². The Hall–Kier alpha value is -3.17. The van der Waals surface area contributed by atoms with Gasteiger partial charge in [-0.1, -0.05) is 0 Å². The number of methoxy groups -OCH3 is 3. The fourth-order valence-electron chi connectivity index (χ4n) is 3.33. The van der Waals surface area contributed by atoms with E-state index in [2.05, 4.69) is 0 Å². The minimum Gasteiger partial charge on any atom is -0.493 e. The zero-order chi connectivity index (χ0) is 24.1. The Morgan fingerprint density at radius 2 is 1.59 bits per heavy atom. The maximum atomic E-state index is 13.3. The molecule has 1 saturated heterocycles. The minimum absolute atomic E-state index is 0.0342. The minimum atomic E-state index is -0.982. The summed E-state index contributed by atoms with van der Waals surface area (Å²) in [7, 11) is 4.39. The molecule has 1 aliphatic heterocycles. The molecule has 1 unspecified atom stereocenters. The van der Waals surface area contributed by atoms with Crippen LogP contribution >= 0.6 is 0 Å². The Labute approximate surface area is 188 Å². The summed E-state index contributed by atoms with van der Waals surface area (Å²) in [5.41, 5.74) is -0.424. The van der Waals surface area contributed by atoms with Gasteiger partial charge >= 0.3 is 12.1 Å². The molecule has 1 aromatic carbocycles. The average molecular weight is 453 g/mol. The summed E-state index contributed by atoms with van der Waals surface area (Å²) in [6.07, 6.45) is -0.629. The van der Waals surface area contributed by atoms with Crippen molar-refractivity contribution in [1.29, 1.82) is 0 Å². The van der Waals surface area contributed by atoms with Gasteiger partial charge < -0.3 is 28.6 Å². The zero-order valence-corrected chi connectivity index (χ0v) is 19.7. The lowest BCUT2D eigenvalue weighted by Gasteiger charge is -2.40. The van der Waals surface area contributed by atoms with Crippen molar-refractivity contribution in [3.8, 4) is 17.2 Å². The smallest absolute Gasteiger partial charge is 0.411 e. The third-order valence-electron chi connectivity index (χ3n) is 4.77. The van der Waals surface area contributed by atoms with E-state index in [0.717, 1.165) is 0 Å². The Kier molecular flexibility index (Phi) is 8.18. The predicted molar refractivity (Wildman–Crippen MR) is 115 cm³/mol. The molecule has 10 nitrogen and oxygen atoms in total. The second kappa shape index (κ2) is 10.4. The molecule has 0 spiro atoms. The number of ether oxygens (including phenoxy) is 5. The third kappa shape index (κ3) is 5.74. The molecule has 32 heavy (non-hydrogen) atoms. The van der Waals surface area contributed by atoms with E-state index in [4.69, 9.17) is 23.7 Å². The molecule has 2 amide bonds. The molecule has 1 aromatic rings. The van der Waals surface area contributed by atoms with Gasteiger partial charge in [0.05, 0.1) is 34.5 Å². The van der Waals surface area contributed by atoms with Crippen LogP contribution in [0, 0.1) is 0 Å². The van der Waals surface area contributed by atoms with Crippen LogP contribution in [0.15, 0.2) is 12.1 Å². The standard InChI is InChI=1S/C22H32N2O8/c1-8-31-20(26)15-13-23(9-10-24(15)21(27)32-22(2,3)4)19(25)14-11-16(28-5)18(30-7)17(12-14)29-6/h11-12,15H,8-10,13H2,1-7H3. The molecule has 178 valence electrons. The number of amides is 2. The van der Waals surface area contributed by atoms with Crippen LogP contribution in [0.3, 0.4) is 0 Å². The van der Waals surface area contributed by atoms with Crippen molar-refractivity contribution in [2.45, 2.75) is 39.3 Å². The largest absolute Gasteiger partial charge is 0.493 e. The zero-order valence-electron chi connectivity index (χ0n) is 19.7. The summed E-state index contributed by atoms with van der Waals surface area (Å²) >= 11 is 0. The highest BCUT2D eigenvalue weighted by Crippen LogP contribution is 2.38. The molecule has 10 heteroatoms. The topological polar surface area (TPSA) is 104 Å². The van der Waals surface area contributed by atoms with Crippen LogP contribution in [-0.2, 0) is 14.3 Å². The number of carbonyl (C=O) groups excluding carboxylic acids is 3. The second-order valence-electron chi connectivity index (χ2n) is 8.11. The van der Waals surface area contributed by atoms with Crippen LogP contribution in [0.25, 0.3) is 0 Å². The van der Waals surface area contributed by atoms with E-state index in [9.17, 15) is 14.4 Å². The van der Waals surface area contributed by atoms with Gasteiger partial charge in [0.15, 0.2) is 17.5 Å². The predicted octanol–water partition coefficient (Wildman–Crippen LogP) is 2.34. The van der Waals surface area contributed by atoms with Gasteiger partial charge in [-0.05, 0) is 39.8 Å². The molecule has 1 aliphatic rings. The lowest BCUT2D eigenvalue weighted by Crippen LogP contribution is -2.60. The molecule has 0 aromatic heterocycles. The average Bonchev–Trinajstić information content (AvgIpc) is 2.75. The SMILES string of the molecule is CCOC(=O)C1CN(C(=O)c2cc(OC)c(OC)c(OC)c2)CCN1C(=O)OC(C)(C)C. The molecule has 0 bridgehead atoms. The number of hydrogen-bond acceptors (Lipinski definition) is 8. The Morgan fingerprint density at radius 1 is 1.00 bits per heavy atom. The van der Waals surface area contributed by atoms with Gasteiger partial charge in [0.2, 0.25) is 5.75 Å². The maximum Gasteiger partial charge on any atom is 0.411 e. The quantitative estimate of drug-likeness (QED) is 0.606. The summed E-state index contributed by atoms with van der Waals surface area (Å²) < 4.78 is 26.5. The van der Waals surface area contributed by atoms with Gasteiger partial charge in [0.25, 0.3) is 5.91 Å². The molecule has 2 rings (SSSR count). The third-order valence-corrected chi connectivity index (χ3v) is 4.77. The van der Waals surface area contributed by atoms with Gasteiger partial charge in [-0.3, -0.25) is 9.69 Å². The fraction of sp³-hybridized carbons (Fsp3) is 0.591. The number of nitrogens with zero attached hydrogens (tertiary/aromatic N) is 2. The molecule has 0 radical (unpaired) electrons. The summed E-state index contributed by atoms with van der Waals surface area (Å²) in [5.74, 6) is 0.0999. The number of esters is 1. The van der Waals surface area contributed by atoms with E-state index in [1.54, 1.807) is 39.8 Å². The first kappa shape index (κ1) is 25.1. The highest BCUT2D eigenvalue weighted by molar-refractivity contribution is 5.96. The van der Waals surface area contributed by atoms with E-state index >= 15 is 0 Å². The maximum absolute atomic E-state index is 13.3. The second-order valence-corrected chi connectivity index (χ2v) is 8.11. The number of carbonyl (C=O) groups is 3. The van der Waals surface area contributed by atoms with Gasteiger partial charge in [-0.25, -0.2) is 9.59 Å². The van der Waals surface area contributed by atoms with E-state index in [1.807, 2.05) is 0 Å². The van der Waals surface area contributed by atoms with Crippen molar-refractivity contribution in [2.24, 2.45) is 0 Å². The number of benzene rings is 1. The first-order valence-corrected chi connectivity index (χ1v) is 10.3. The molecule has 1 fully saturated rings. The van der Waals surface area contributed by atoms with Crippen LogP contribution in [0.4, 0.5) is 4.79 Å². The van der Waals surface area contributed by atoms with Crippen molar-refractivity contribution in [2.75, 3.05) is 47.6 Å². The normalized spacial score (nSPS) is 16.3. The van der Waals surface area contributed by atoms with Crippen LogP contribution in [-0.4, -0.2) is 87.0 Å². The first-order valence-electron chi connectivity index (χ1n) is 10.3. The number of piperazine rings is 1. The van der Waals surface area contributed by atoms with Crippen molar-refractivity contribution in [3.05, 3.63) is 17.7 Å². The van der Waals surface area contributed by atoms with Crippen LogP contribution < -0.4 is 14.2 Å². The van der Waals surface area contributed by atoms with Crippen LogP contribution in [0.5, 0.6) is 17.2 Å². The van der Waals surface area contributed by atoms with Gasteiger partial charge in [0, 0.05) is 18.7 Å². The number of rotatable bonds is 6. The Bertz CT molecular complexity index is 824. The summed E-state index contributed by atoms with van der Waals surface area (Å²) in [6.45, 7) is 7.36. The number of hydrogen-bond donors (Lipinski definition) is 0. The molecule has 0 saturated carbocycles. The Morgan fingerprint density at radius 3 is 2.06 bits per heavy atom. The van der Waals surface area contributed by atoms with Gasteiger partial charge in [-0.15, -0.1) is 0 Å². The fourth-order valence-corrected chi connectivity index (χ4v) is 3.33. The van der Waals surface area contributed by atoms with Gasteiger partial charge in [0.1, 0.15) is 5.60 Å². The lowest BCUT2D eigenvalue weighted by atomic mass is 10.1. The molecule has 0 N–H and O–H groups in total. The highest BCUT2D eigenvalue weighted by Gasteiger charge is 2.40. The van der Waals surface area contributed by atoms with Crippen LogP contribution in [0.2, 0.25) is 0 Å². The molecule has 1 heterocycles.